The average molecular weight is 817 g/mol. The van der Waals surface area contributed by atoms with E-state index in [1.807, 2.05) is 20.8 Å². The van der Waals surface area contributed by atoms with E-state index in [4.69, 9.17) is 23.1 Å². The maximum Gasteiger partial charge on any atom is 0.261 e. The summed E-state index contributed by atoms with van der Waals surface area (Å²) in [4.78, 5) is 0. The first-order valence-corrected chi connectivity index (χ1v) is 26.3. The molecule has 5 rings (SSSR count). The molecule has 6 nitrogen and oxygen atoms in total. The van der Waals surface area contributed by atoms with Crippen molar-refractivity contribution in [2.75, 3.05) is 19.8 Å². The molecule has 316 valence electrons. The molecule has 0 radical (unpaired) electrons. The minimum Gasteiger partial charge on any atom is -0.414 e. The molecule has 8 heteroatoms. The highest BCUT2D eigenvalue weighted by atomic mass is 28.4. The van der Waals surface area contributed by atoms with Crippen LogP contribution in [-0.4, -0.2) is 65.7 Å². The topological polar surface area (TPSA) is 66.4 Å². The van der Waals surface area contributed by atoms with Crippen molar-refractivity contribution in [2.45, 2.75) is 150 Å². The second-order valence-corrected chi connectivity index (χ2v) is 30.2. The van der Waals surface area contributed by atoms with Crippen molar-refractivity contribution in [3.8, 4) is 0 Å². The van der Waals surface area contributed by atoms with E-state index in [0.29, 0.717) is 26.4 Å². The SMILES string of the molecule is CC(O)C(C)(C)[C@H]1COC(C)(C)O[C@@H]1[C@@H]1[C@H](CO[Si](c2ccccc2)(c2ccccc2)C(C)(C)C)[C@@H](O[Si](C)(C)C(C)(C)C)CC[C@@]1(C)COCc1ccccc1. The Hall–Kier alpha value is -2.15. The van der Waals surface area contributed by atoms with Crippen molar-refractivity contribution in [2.24, 2.45) is 28.6 Å². The Balaban J connectivity index is 1.71. The van der Waals surface area contributed by atoms with Crippen LogP contribution in [0.2, 0.25) is 23.2 Å². The van der Waals surface area contributed by atoms with Gasteiger partial charge in [-0.2, -0.15) is 0 Å². The summed E-state index contributed by atoms with van der Waals surface area (Å²) in [6.45, 7) is 33.7. The summed E-state index contributed by atoms with van der Waals surface area (Å²) in [6.07, 6.45) is 0.932. The molecule has 1 saturated carbocycles. The van der Waals surface area contributed by atoms with Crippen molar-refractivity contribution in [3.05, 3.63) is 96.6 Å². The first-order chi connectivity index (χ1) is 26.5. The maximum atomic E-state index is 11.4. The third-order valence-electron chi connectivity index (χ3n) is 14.3. The van der Waals surface area contributed by atoms with Gasteiger partial charge in [0.2, 0.25) is 0 Å². The molecule has 1 unspecified atom stereocenters. The number of aliphatic hydroxyl groups is 1. The molecule has 7 atom stereocenters. The van der Waals surface area contributed by atoms with E-state index in [1.165, 1.54) is 10.4 Å². The van der Waals surface area contributed by atoms with Crippen molar-refractivity contribution in [3.63, 3.8) is 0 Å². The van der Waals surface area contributed by atoms with Crippen molar-refractivity contribution in [1.29, 1.82) is 0 Å². The molecule has 2 fully saturated rings. The third kappa shape index (κ3) is 9.91. The lowest BCUT2D eigenvalue weighted by atomic mass is 9.56. The molecule has 3 aromatic carbocycles. The van der Waals surface area contributed by atoms with E-state index < -0.39 is 33.9 Å². The normalized spacial score (nSPS) is 26.9. The van der Waals surface area contributed by atoms with Gasteiger partial charge in [0.1, 0.15) is 0 Å². The van der Waals surface area contributed by atoms with Crippen LogP contribution in [0.15, 0.2) is 91.0 Å². The summed E-state index contributed by atoms with van der Waals surface area (Å²) in [5, 5.41) is 13.8. The fourth-order valence-electron chi connectivity index (χ4n) is 9.38. The largest absolute Gasteiger partial charge is 0.414 e. The average Bonchev–Trinajstić information content (AvgIpc) is 3.12. The number of benzene rings is 3. The number of rotatable bonds is 14. The van der Waals surface area contributed by atoms with Crippen LogP contribution in [0.25, 0.3) is 0 Å². The van der Waals surface area contributed by atoms with Crippen LogP contribution >= 0.6 is 0 Å². The third-order valence-corrected chi connectivity index (χ3v) is 23.8. The van der Waals surface area contributed by atoms with E-state index in [2.05, 4.69) is 166 Å². The first-order valence-electron chi connectivity index (χ1n) is 21.5. The quantitative estimate of drug-likeness (QED) is 0.164. The lowest BCUT2D eigenvalue weighted by Crippen LogP contribution is -2.68. The highest BCUT2D eigenvalue weighted by Crippen LogP contribution is 2.55. The molecule has 0 spiro atoms. The van der Waals surface area contributed by atoms with Crippen molar-refractivity contribution >= 4 is 27.0 Å². The van der Waals surface area contributed by atoms with Crippen LogP contribution in [0, 0.1) is 28.6 Å². The summed E-state index contributed by atoms with van der Waals surface area (Å²) in [7, 11) is -5.18. The van der Waals surface area contributed by atoms with Gasteiger partial charge >= 0.3 is 0 Å². The number of hydrogen-bond donors (Lipinski definition) is 1. The molecule has 0 amide bonds. The van der Waals surface area contributed by atoms with E-state index in [0.717, 1.165) is 18.4 Å². The van der Waals surface area contributed by atoms with Gasteiger partial charge in [0.05, 0.1) is 38.1 Å². The van der Waals surface area contributed by atoms with Crippen LogP contribution in [0.5, 0.6) is 0 Å². The Morgan fingerprint density at radius 2 is 1.32 bits per heavy atom. The lowest BCUT2D eigenvalue weighted by molar-refractivity contribution is -0.335. The molecular formula is C49H76O6Si2. The Morgan fingerprint density at radius 1 is 0.789 bits per heavy atom. The summed E-state index contributed by atoms with van der Waals surface area (Å²) >= 11 is 0. The Bertz CT molecular complexity index is 1660. The molecule has 1 aliphatic carbocycles. The van der Waals surface area contributed by atoms with E-state index >= 15 is 0 Å². The number of hydrogen-bond acceptors (Lipinski definition) is 6. The molecular weight excluding hydrogens is 741 g/mol. The summed E-state index contributed by atoms with van der Waals surface area (Å²) in [5.41, 5.74) is 0.367. The molecule has 0 aromatic heterocycles. The standard InChI is InChI=1S/C49H76O6Si2/c1-36(50)47(8,9)41-34-52-48(10,11)54-44(41)43-40(33-53-57(46(5,6)7,38-26-20-16-21-27-38)39-28-22-17-23-29-39)42(55-56(13,14)45(2,3)4)30-31-49(43,12)35-51-32-37-24-18-15-19-25-37/h15-29,36,40-44,50H,30-35H2,1-14H3/t36?,40-,41+,42+,43+,44+,49+/m1/s1. The van der Waals surface area contributed by atoms with E-state index in [1.54, 1.807) is 0 Å². The summed E-state index contributed by atoms with van der Waals surface area (Å²) < 4.78 is 36.1. The molecule has 2 aliphatic rings. The second-order valence-electron chi connectivity index (χ2n) is 21.1. The smallest absolute Gasteiger partial charge is 0.261 e. The van der Waals surface area contributed by atoms with Crippen LogP contribution in [0.1, 0.15) is 101 Å². The van der Waals surface area contributed by atoms with Crippen LogP contribution < -0.4 is 10.4 Å². The van der Waals surface area contributed by atoms with E-state index in [9.17, 15) is 5.11 Å². The van der Waals surface area contributed by atoms with Crippen molar-refractivity contribution < 1.29 is 28.2 Å². The minimum absolute atomic E-state index is 0.0272. The molecule has 1 heterocycles. The van der Waals surface area contributed by atoms with Gasteiger partial charge in [0.15, 0.2) is 14.1 Å². The summed E-state index contributed by atoms with van der Waals surface area (Å²) in [6, 6.07) is 32.4. The van der Waals surface area contributed by atoms with Gasteiger partial charge in [-0.15, -0.1) is 0 Å². The second kappa shape index (κ2) is 17.4. The molecule has 0 bridgehead atoms. The van der Waals surface area contributed by atoms with Crippen LogP contribution in [-0.2, 0) is 29.7 Å². The van der Waals surface area contributed by atoms with Gasteiger partial charge in [-0.3, -0.25) is 0 Å². The zero-order valence-electron chi connectivity index (χ0n) is 37.9. The van der Waals surface area contributed by atoms with Gasteiger partial charge in [0, 0.05) is 24.4 Å². The first kappa shape index (κ1) is 45.9. The number of ether oxygens (including phenoxy) is 3. The molecule has 1 saturated heterocycles. The molecule has 1 aliphatic heterocycles. The fraction of sp³-hybridized carbons (Fsp3) is 0.633. The summed E-state index contributed by atoms with van der Waals surface area (Å²) in [5.74, 6) is -0.975. The predicted octanol–water partition coefficient (Wildman–Crippen LogP) is 10.4. The van der Waals surface area contributed by atoms with Gasteiger partial charge in [-0.05, 0) is 83.6 Å². The highest BCUT2D eigenvalue weighted by molar-refractivity contribution is 6.99. The van der Waals surface area contributed by atoms with Crippen LogP contribution in [0.4, 0.5) is 0 Å². The monoisotopic (exact) mass is 817 g/mol. The van der Waals surface area contributed by atoms with Gasteiger partial charge in [-0.1, -0.05) is 153 Å². The number of aliphatic hydroxyl groups excluding tert-OH is 1. The van der Waals surface area contributed by atoms with Gasteiger partial charge < -0.3 is 28.2 Å². The Kier molecular flexibility index (Phi) is 14.1. The van der Waals surface area contributed by atoms with Gasteiger partial charge in [0.25, 0.3) is 8.32 Å². The predicted molar refractivity (Wildman–Crippen MR) is 240 cm³/mol. The minimum atomic E-state index is -2.93. The molecule has 57 heavy (non-hydrogen) atoms. The Morgan fingerprint density at radius 3 is 1.81 bits per heavy atom. The highest BCUT2D eigenvalue weighted by Gasteiger charge is 2.60. The Labute approximate surface area is 348 Å². The molecule has 3 aromatic rings. The lowest BCUT2D eigenvalue weighted by Gasteiger charge is -2.59. The van der Waals surface area contributed by atoms with Crippen LogP contribution in [0.3, 0.4) is 0 Å². The van der Waals surface area contributed by atoms with Gasteiger partial charge in [-0.25, -0.2) is 0 Å². The molecule has 1 N–H and O–H groups in total. The fourth-order valence-corrected chi connectivity index (χ4v) is 15.4. The zero-order valence-corrected chi connectivity index (χ0v) is 39.9. The van der Waals surface area contributed by atoms with Crippen molar-refractivity contribution in [1.82, 2.24) is 0 Å². The van der Waals surface area contributed by atoms with E-state index in [-0.39, 0.29) is 45.5 Å². The zero-order chi connectivity index (χ0) is 42.1. The maximum absolute atomic E-state index is 11.4.